The quantitative estimate of drug-likeness (QED) is 0.740. The van der Waals surface area contributed by atoms with E-state index in [1.165, 1.54) is 0 Å². The average Bonchev–Trinajstić information content (AvgIpc) is 2.28. The van der Waals surface area contributed by atoms with Gasteiger partial charge in [-0.2, -0.15) is 0 Å². The van der Waals surface area contributed by atoms with Crippen LogP contribution >= 0.6 is 0 Å². The zero-order valence-electron chi connectivity index (χ0n) is 10.3. The van der Waals surface area contributed by atoms with Gasteiger partial charge in [0.15, 0.2) is 0 Å². The molecule has 0 aromatic heterocycles. The van der Waals surface area contributed by atoms with Gasteiger partial charge in [-0.25, -0.2) is 0 Å². The maximum absolute atomic E-state index is 12.0. The van der Waals surface area contributed by atoms with Crippen LogP contribution < -0.4 is 16.8 Å². The third kappa shape index (κ3) is 2.22. The highest BCUT2D eigenvalue weighted by Gasteiger charge is 2.40. The van der Waals surface area contributed by atoms with E-state index in [0.29, 0.717) is 11.3 Å². The number of carbonyl (C=O) groups is 2. The van der Waals surface area contributed by atoms with E-state index in [2.05, 4.69) is 5.32 Å². The van der Waals surface area contributed by atoms with Crippen LogP contribution in [-0.4, -0.2) is 17.4 Å². The molecule has 0 saturated heterocycles. The van der Waals surface area contributed by atoms with Crippen LogP contribution in [0.15, 0.2) is 18.2 Å². The Bertz CT molecular complexity index is 507. The molecule has 5 N–H and O–H groups in total. The smallest absolute Gasteiger partial charge is 0.248 e. The van der Waals surface area contributed by atoms with Gasteiger partial charge in [-0.3, -0.25) is 9.59 Å². The van der Waals surface area contributed by atoms with Crippen molar-refractivity contribution in [2.45, 2.75) is 31.7 Å². The van der Waals surface area contributed by atoms with E-state index in [-0.39, 0.29) is 5.91 Å². The molecule has 18 heavy (non-hydrogen) atoms. The van der Waals surface area contributed by atoms with Crippen LogP contribution in [0.5, 0.6) is 0 Å². The summed E-state index contributed by atoms with van der Waals surface area (Å²) in [5.41, 5.74) is 12.3. The Morgan fingerprint density at radius 3 is 2.44 bits per heavy atom. The molecule has 1 aromatic carbocycles. The second-order valence-corrected chi connectivity index (χ2v) is 4.86. The van der Waals surface area contributed by atoms with Crippen molar-refractivity contribution in [2.75, 3.05) is 5.32 Å². The molecule has 0 bridgehead atoms. The van der Waals surface area contributed by atoms with Gasteiger partial charge in [0.25, 0.3) is 0 Å². The molecule has 0 unspecified atom stereocenters. The third-order valence-electron chi connectivity index (χ3n) is 3.46. The molecule has 1 aromatic rings. The highest BCUT2D eigenvalue weighted by atomic mass is 16.2. The van der Waals surface area contributed by atoms with Crippen LogP contribution in [0.25, 0.3) is 0 Å². The first-order chi connectivity index (χ1) is 8.42. The van der Waals surface area contributed by atoms with Gasteiger partial charge in [0.2, 0.25) is 11.8 Å². The fourth-order valence-electron chi connectivity index (χ4n) is 1.99. The van der Waals surface area contributed by atoms with Gasteiger partial charge >= 0.3 is 0 Å². The summed E-state index contributed by atoms with van der Waals surface area (Å²) >= 11 is 0. The summed E-state index contributed by atoms with van der Waals surface area (Å²) in [4.78, 5) is 23.0. The van der Waals surface area contributed by atoms with Gasteiger partial charge < -0.3 is 16.8 Å². The van der Waals surface area contributed by atoms with E-state index in [4.69, 9.17) is 11.5 Å². The highest BCUT2D eigenvalue weighted by molar-refractivity contribution is 6.00. The molecule has 0 spiro atoms. The summed E-state index contributed by atoms with van der Waals surface area (Å²) < 4.78 is 0. The Hall–Kier alpha value is -1.88. The predicted molar refractivity (Wildman–Crippen MR) is 69.1 cm³/mol. The molecular weight excluding hydrogens is 230 g/mol. The normalized spacial score (nSPS) is 16.8. The number of aryl methyl sites for hydroxylation is 1. The lowest BCUT2D eigenvalue weighted by molar-refractivity contribution is -0.123. The Morgan fingerprint density at radius 2 is 2.00 bits per heavy atom. The van der Waals surface area contributed by atoms with E-state index in [1.54, 1.807) is 18.2 Å². The van der Waals surface area contributed by atoms with E-state index in [9.17, 15) is 9.59 Å². The number of nitrogens with one attached hydrogen (secondary N) is 1. The number of hydrogen-bond donors (Lipinski definition) is 3. The number of benzene rings is 1. The van der Waals surface area contributed by atoms with Crippen LogP contribution in [0.1, 0.15) is 35.2 Å². The third-order valence-corrected chi connectivity index (χ3v) is 3.46. The Morgan fingerprint density at radius 1 is 1.33 bits per heavy atom. The standard InChI is InChI=1S/C13H17N3O2/c1-8-7-9(11(14)17)3-4-10(8)16-12(18)13(15)5-2-6-13/h3-4,7H,2,5-6,15H2,1H3,(H2,14,17)(H,16,18). The molecule has 1 aliphatic rings. The molecule has 1 aliphatic carbocycles. The highest BCUT2D eigenvalue weighted by Crippen LogP contribution is 2.30. The lowest BCUT2D eigenvalue weighted by atomic mass is 9.77. The molecule has 5 heteroatoms. The van der Waals surface area contributed by atoms with Gasteiger partial charge in [-0.15, -0.1) is 0 Å². The second-order valence-electron chi connectivity index (χ2n) is 4.86. The Labute approximate surface area is 106 Å². The maximum atomic E-state index is 12.0. The Kier molecular flexibility index (Phi) is 3.09. The van der Waals surface area contributed by atoms with E-state index < -0.39 is 11.4 Å². The van der Waals surface area contributed by atoms with Gasteiger partial charge in [0.1, 0.15) is 0 Å². The largest absolute Gasteiger partial charge is 0.366 e. The maximum Gasteiger partial charge on any atom is 0.248 e. The molecule has 1 fully saturated rings. The van der Waals surface area contributed by atoms with E-state index in [0.717, 1.165) is 24.8 Å². The van der Waals surface area contributed by atoms with Gasteiger partial charge in [0, 0.05) is 11.3 Å². The molecule has 96 valence electrons. The summed E-state index contributed by atoms with van der Waals surface area (Å²) in [7, 11) is 0. The topological polar surface area (TPSA) is 98.2 Å². The fraction of sp³-hybridized carbons (Fsp3) is 0.385. The number of hydrogen-bond acceptors (Lipinski definition) is 3. The summed E-state index contributed by atoms with van der Waals surface area (Å²) in [5.74, 6) is -0.645. The monoisotopic (exact) mass is 247 g/mol. The minimum absolute atomic E-state index is 0.163. The lowest BCUT2D eigenvalue weighted by Gasteiger charge is -2.36. The van der Waals surface area contributed by atoms with Gasteiger partial charge in [-0.1, -0.05) is 0 Å². The molecule has 2 amide bonds. The van der Waals surface area contributed by atoms with Crippen LogP contribution in [0, 0.1) is 6.92 Å². The molecule has 5 nitrogen and oxygen atoms in total. The lowest BCUT2D eigenvalue weighted by Crippen LogP contribution is -2.56. The van der Waals surface area contributed by atoms with E-state index >= 15 is 0 Å². The fourth-order valence-corrected chi connectivity index (χ4v) is 1.99. The van der Waals surface area contributed by atoms with Crippen molar-refractivity contribution in [2.24, 2.45) is 11.5 Å². The zero-order chi connectivity index (χ0) is 13.3. The van der Waals surface area contributed by atoms with Gasteiger partial charge in [-0.05, 0) is 49.9 Å². The first-order valence-corrected chi connectivity index (χ1v) is 5.93. The van der Waals surface area contributed by atoms with Crippen molar-refractivity contribution in [1.29, 1.82) is 0 Å². The number of rotatable bonds is 3. The summed E-state index contributed by atoms with van der Waals surface area (Å²) in [6.45, 7) is 1.81. The van der Waals surface area contributed by atoms with Crippen molar-refractivity contribution >= 4 is 17.5 Å². The molecule has 1 saturated carbocycles. The number of carbonyl (C=O) groups excluding carboxylic acids is 2. The molecule has 0 aliphatic heterocycles. The van der Waals surface area contributed by atoms with Crippen molar-refractivity contribution < 1.29 is 9.59 Å². The number of primary amides is 1. The second kappa shape index (κ2) is 4.42. The zero-order valence-corrected chi connectivity index (χ0v) is 10.3. The molecule has 0 heterocycles. The summed E-state index contributed by atoms with van der Waals surface area (Å²) in [6, 6.07) is 4.92. The van der Waals surface area contributed by atoms with Crippen LogP contribution in [0.3, 0.4) is 0 Å². The first-order valence-electron chi connectivity index (χ1n) is 5.93. The molecule has 2 rings (SSSR count). The molecular formula is C13H17N3O2. The molecule has 0 radical (unpaired) electrons. The SMILES string of the molecule is Cc1cc(C(N)=O)ccc1NC(=O)C1(N)CCC1. The number of amides is 2. The number of anilines is 1. The number of nitrogens with two attached hydrogens (primary N) is 2. The van der Waals surface area contributed by atoms with Crippen molar-refractivity contribution in [1.82, 2.24) is 0 Å². The first kappa shape index (κ1) is 12.6. The predicted octanol–water partition coefficient (Wildman–Crippen LogP) is 0.914. The molecule has 0 atom stereocenters. The van der Waals surface area contributed by atoms with Crippen LogP contribution in [0.2, 0.25) is 0 Å². The van der Waals surface area contributed by atoms with Crippen molar-refractivity contribution in [3.63, 3.8) is 0 Å². The summed E-state index contributed by atoms with van der Waals surface area (Å²) in [6.07, 6.45) is 2.43. The van der Waals surface area contributed by atoms with Crippen LogP contribution in [0.4, 0.5) is 5.69 Å². The van der Waals surface area contributed by atoms with Crippen molar-refractivity contribution in [3.05, 3.63) is 29.3 Å². The van der Waals surface area contributed by atoms with Crippen molar-refractivity contribution in [3.8, 4) is 0 Å². The van der Waals surface area contributed by atoms with Gasteiger partial charge in [0.05, 0.1) is 5.54 Å². The van der Waals surface area contributed by atoms with E-state index in [1.807, 2.05) is 6.92 Å². The Balaban J connectivity index is 2.15. The summed E-state index contributed by atoms with van der Waals surface area (Å²) in [5, 5.41) is 2.80. The minimum atomic E-state index is -0.727. The average molecular weight is 247 g/mol. The van der Waals surface area contributed by atoms with Crippen LogP contribution in [-0.2, 0) is 4.79 Å². The minimum Gasteiger partial charge on any atom is -0.366 e.